The Morgan fingerprint density at radius 3 is 2.85 bits per heavy atom. The standard InChI is InChI=1S/C8H10BrN3O/c1-11(2)4-3-8(13)12-5-7(9)10-6-12/h3-6H,1-2H3. The number of hydrogen-bond donors (Lipinski definition) is 0. The van der Waals surface area contributed by atoms with Crippen molar-refractivity contribution in [2.24, 2.45) is 0 Å². The second-order valence-corrected chi connectivity index (χ2v) is 3.53. The summed E-state index contributed by atoms with van der Waals surface area (Å²) in [5, 5.41) is 0. The van der Waals surface area contributed by atoms with Crippen LogP contribution in [0.4, 0.5) is 0 Å². The maximum Gasteiger partial charge on any atom is 0.257 e. The van der Waals surface area contributed by atoms with Gasteiger partial charge >= 0.3 is 0 Å². The van der Waals surface area contributed by atoms with Crippen molar-refractivity contribution in [1.29, 1.82) is 0 Å². The molecule has 0 fully saturated rings. The van der Waals surface area contributed by atoms with Crippen LogP contribution in [0.5, 0.6) is 0 Å². The van der Waals surface area contributed by atoms with Gasteiger partial charge in [0.15, 0.2) is 0 Å². The van der Waals surface area contributed by atoms with Crippen molar-refractivity contribution in [3.05, 3.63) is 29.4 Å². The molecule has 0 amide bonds. The molecular formula is C8H10BrN3O. The Hall–Kier alpha value is -1.10. The van der Waals surface area contributed by atoms with Crippen molar-refractivity contribution < 1.29 is 4.79 Å². The summed E-state index contributed by atoms with van der Waals surface area (Å²) in [7, 11) is 3.71. The zero-order valence-corrected chi connectivity index (χ0v) is 9.02. The van der Waals surface area contributed by atoms with Crippen LogP contribution < -0.4 is 0 Å². The highest BCUT2D eigenvalue weighted by Gasteiger charge is 2.00. The third-order valence-corrected chi connectivity index (χ3v) is 1.73. The van der Waals surface area contributed by atoms with Gasteiger partial charge in [0, 0.05) is 32.6 Å². The van der Waals surface area contributed by atoms with E-state index in [0.717, 1.165) is 0 Å². The molecule has 0 bridgehead atoms. The topological polar surface area (TPSA) is 38.1 Å². The molecule has 1 heterocycles. The van der Waals surface area contributed by atoms with Gasteiger partial charge in [0.25, 0.3) is 5.91 Å². The molecular weight excluding hydrogens is 234 g/mol. The molecule has 0 aliphatic heterocycles. The first-order valence-electron chi connectivity index (χ1n) is 3.68. The fourth-order valence-electron chi connectivity index (χ4n) is 0.718. The van der Waals surface area contributed by atoms with Crippen LogP contribution in [0.2, 0.25) is 0 Å². The van der Waals surface area contributed by atoms with Gasteiger partial charge in [-0.3, -0.25) is 9.36 Å². The Bertz CT molecular complexity index is 330. The van der Waals surface area contributed by atoms with Crippen LogP contribution in [-0.2, 0) is 0 Å². The van der Waals surface area contributed by atoms with Crippen LogP contribution in [0.25, 0.3) is 0 Å². The summed E-state index contributed by atoms with van der Waals surface area (Å²) in [4.78, 5) is 17.0. The molecule has 1 aromatic rings. The molecule has 0 saturated carbocycles. The molecule has 0 aromatic carbocycles. The van der Waals surface area contributed by atoms with E-state index in [9.17, 15) is 4.79 Å². The van der Waals surface area contributed by atoms with E-state index < -0.39 is 0 Å². The minimum atomic E-state index is -0.119. The molecule has 0 N–H and O–H groups in total. The third kappa shape index (κ3) is 3.02. The van der Waals surface area contributed by atoms with E-state index in [0.29, 0.717) is 4.60 Å². The summed E-state index contributed by atoms with van der Waals surface area (Å²) in [6.07, 6.45) is 6.25. The molecule has 0 saturated heterocycles. The van der Waals surface area contributed by atoms with E-state index in [4.69, 9.17) is 0 Å². The summed E-state index contributed by atoms with van der Waals surface area (Å²) in [6, 6.07) is 0. The van der Waals surface area contributed by atoms with Crippen LogP contribution in [0.1, 0.15) is 4.79 Å². The molecule has 0 aliphatic carbocycles. The van der Waals surface area contributed by atoms with Crippen LogP contribution in [0.3, 0.4) is 0 Å². The van der Waals surface area contributed by atoms with Crippen LogP contribution >= 0.6 is 15.9 Å². The molecule has 1 aromatic heterocycles. The van der Waals surface area contributed by atoms with Gasteiger partial charge in [-0.2, -0.15) is 0 Å². The van der Waals surface area contributed by atoms with Gasteiger partial charge in [0.1, 0.15) is 10.9 Å². The van der Waals surface area contributed by atoms with Crippen LogP contribution in [0.15, 0.2) is 29.4 Å². The van der Waals surface area contributed by atoms with E-state index >= 15 is 0 Å². The largest absolute Gasteiger partial charge is 0.383 e. The maximum atomic E-state index is 11.4. The molecule has 5 heteroatoms. The van der Waals surface area contributed by atoms with Crippen molar-refractivity contribution in [3.8, 4) is 0 Å². The maximum absolute atomic E-state index is 11.4. The highest BCUT2D eigenvalue weighted by molar-refractivity contribution is 9.10. The predicted octanol–water partition coefficient (Wildman–Crippen LogP) is 1.36. The summed E-state index contributed by atoms with van der Waals surface area (Å²) in [6.45, 7) is 0. The normalized spacial score (nSPS) is 10.7. The van der Waals surface area contributed by atoms with Crippen molar-refractivity contribution in [2.45, 2.75) is 0 Å². The predicted molar refractivity (Wildman–Crippen MR) is 53.4 cm³/mol. The van der Waals surface area contributed by atoms with Crippen molar-refractivity contribution in [1.82, 2.24) is 14.5 Å². The monoisotopic (exact) mass is 243 g/mol. The molecule has 0 unspecified atom stereocenters. The number of carbonyl (C=O) groups excluding carboxylic acids is 1. The number of rotatable bonds is 2. The van der Waals surface area contributed by atoms with E-state index in [-0.39, 0.29) is 5.91 Å². The first kappa shape index (κ1) is 9.98. The average Bonchev–Trinajstić information content (AvgIpc) is 2.47. The smallest absolute Gasteiger partial charge is 0.257 e. The van der Waals surface area contributed by atoms with Crippen LogP contribution in [-0.4, -0.2) is 34.5 Å². The summed E-state index contributed by atoms with van der Waals surface area (Å²) in [5.74, 6) is -0.119. The molecule has 0 radical (unpaired) electrons. The number of aromatic nitrogens is 2. The quantitative estimate of drug-likeness (QED) is 0.737. The van der Waals surface area contributed by atoms with Gasteiger partial charge in [-0.1, -0.05) is 0 Å². The molecule has 13 heavy (non-hydrogen) atoms. The lowest BCUT2D eigenvalue weighted by atomic mass is 10.5. The summed E-state index contributed by atoms with van der Waals surface area (Å²) < 4.78 is 2.06. The lowest BCUT2D eigenvalue weighted by molar-refractivity contribution is 0.0967. The fraction of sp³-hybridized carbons (Fsp3) is 0.250. The molecule has 0 atom stereocenters. The zero-order valence-electron chi connectivity index (χ0n) is 7.44. The average molecular weight is 244 g/mol. The highest BCUT2D eigenvalue weighted by atomic mass is 79.9. The molecule has 0 spiro atoms. The molecule has 0 aliphatic rings. The molecule has 70 valence electrons. The van der Waals surface area contributed by atoms with Gasteiger partial charge in [-0.15, -0.1) is 0 Å². The first-order chi connectivity index (χ1) is 6.09. The van der Waals surface area contributed by atoms with E-state index in [1.807, 2.05) is 14.1 Å². The number of nitrogens with zero attached hydrogens (tertiary/aromatic N) is 3. The van der Waals surface area contributed by atoms with E-state index in [1.165, 1.54) is 17.0 Å². The molecule has 4 nitrogen and oxygen atoms in total. The number of carbonyl (C=O) groups is 1. The van der Waals surface area contributed by atoms with Gasteiger partial charge in [0.2, 0.25) is 0 Å². The fourth-order valence-corrected chi connectivity index (χ4v) is 1.03. The second kappa shape index (κ2) is 4.23. The third-order valence-electron chi connectivity index (χ3n) is 1.32. The Morgan fingerprint density at radius 1 is 1.69 bits per heavy atom. The first-order valence-corrected chi connectivity index (χ1v) is 4.47. The van der Waals surface area contributed by atoms with E-state index in [1.54, 1.807) is 17.3 Å². The number of imidazole rings is 1. The Morgan fingerprint density at radius 2 is 2.38 bits per heavy atom. The SMILES string of the molecule is CN(C)C=CC(=O)n1cnc(Br)c1. The number of halogens is 1. The van der Waals surface area contributed by atoms with Gasteiger partial charge in [-0.25, -0.2) is 4.98 Å². The van der Waals surface area contributed by atoms with Crippen molar-refractivity contribution in [3.63, 3.8) is 0 Å². The van der Waals surface area contributed by atoms with Gasteiger partial charge in [0.05, 0.1) is 0 Å². The lowest BCUT2D eigenvalue weighted by Gasteiger charge is -2.02. The number of allylic oxidation sites excluding steroid dienone is 1. The Kier molecular flexibility index (Phi) is 3.25. The second-order valence-electron chi connectivity index (χ2n) is 2.72. The lowest BCUT2D eigenvalue weighted by Crippen LogP contribution is -2.07. The highest BCUT2D eigenvalue weighted by Crippen LogP contribution is 2.04. The molecule has 1 rings (SSSR count). The van der Waals surface area contributed by atoms with Crippen molar-refractivity contribution in [2.75, 3.05) is 14.1 Å². The number of hydrogen-bond acceptors (Lipinski definition) is 3. The Labute approximate surface area is 85.0 Å². The van der Waals surface area contributed by atoms with Gasteiger partial charge < -0.3 is 4.90 Å². The minimum Gasteiger partial charge on any atom is -0.383 e. The Balaban J connectivity index is 2.69. The van der Waals surface area contributed by atoms with Crippen LogP contribution in [0, 0.1) is 0 Å². The minimum absolute atomic E-state index is 0.119. The zero-order chi connectivity index (χ0) is 9.84. The van der Waals surface area contributed by atoms with Crippen molar-refractivity contribution >= 4 is 21.8 Å². The van der Waals surface area contributed by atoms with E-state index in [2.05, 4.69) is 20.9 Å². The summed E-state index contributed by atoms with van der Waals surface area (Å²) >= 11 is 3.16. The summed E-state index contributed by atoms with van der Waals surface area (Å²) in [5.41, 5.74) is 0. The van der Waals surface area contributed by atoms with Gasteiger partial charge in [-0.05, 0) is 15.9 Å².